The van der Waals surface area contributed by atoms with E-state index in [0.29, 0.717) is 53.5 Å². The first-order valence-electron chi connectivity index (χ1n) is 10.6. The van der Waals surface area contributed by atoms with E-state index >= 15 is 0 Å². The number of aromatic nitrogens is 4. The van der Waals surface area contributed by atoms with Crippen LogP contribution in [0.1, 0.15) is 35.8 Å². The zero-order valence-electron chi connectivity index (χ0n) is 17.9. The number of rotatable bonds is 5. The largest absolute Gasteiger partial charge is 0.486 e. The first-order chi connectivity index (χ1) is 15.6. The van der Waals surface area contributed by atoms with Crippen LogP contribution in [-0.2, 0) is 6.54 Å². The molecule has 162 valence electrons. The minimum absolute atomic E-state index is 0.0989. The molecule has 1 N–H and O–H groups in total. The Bertz CT molecular complexity index is 1280. The van der Waals surface area contributed by atoms with Gasteiger partial charge in [0.1, 0.15) is 13.2 Å². The van der Waals surface area contributed by atoms with Crippen LogP contribution in [0.25, 0.3) is 22.3 Å². The molecule has 0 fully saturated rings. The summed E-state index contributed by atoms with van der Waals surface area (Å²) in [5, 5.41) is 8.18. The summed E-state index contributed by atoms with van der Waals surface area (Å²) in [5.74, 6) is 1.20. The Morgan fingerprint density at radius 3 is 2.75 bits per heavy atom. The molecule has 1 amide bonds. The third kappa shape index (κ3) is 3.75. The lowest BCUT2D eigenvalue weighted by Crippen LogP contribution is -2.23. The fourth-order valence-electron chi connectivity index (χ4n) is 3.71. The normalized spacial score (nSPS) is 12.8. The molecule has 0 spiro atoms. The molecule has 5 rings (SSSR count). The summed E-state index contributed by atoms with van der Waals surface area (Å²) in [5.41, 5.74) is 3.63. The summed E-state index contributed by atoms with van der Waals surface area (Å²) in [6.07, 6.45) is 5.15. The fraction of sp³-hybridized carbons (Fsp3) is 0.250. The van der Waals surface area contributed by atoms with Crippen LogP contribution in [-0.4, -0.2) is 38.9 Å². The van der Waals surface area contributed by atoms with Gasteiger partial charge in [-0.1, -0.05) is 6.07 Å². The molecule has 32 heavy (non-hydrogen) atoms. The predicted molar refractivity (Wildman–Crippen MR) is 120 cm³/mol. The van der Waals surface area contributed by atoms with E-state index in [0.717, 1.165) is 11.1 Å². The van der Waals surface area contributed by atoms with Gasteiger partial charge in [0, 0.05) is 30.5 Å². The van der Waals surface area contributed by atoms with Gasteiger partial charge in [-0.05, 0) is 49.7 Å². The Morgan fingerprint density at radius 1 is 1.12 bits per heavy atom. The van der Waals surface area contributed by atoms with Crippen molar-refractivity contribution in [3.8, 4) is 22.8 Å². The Morgan fingerprint density at radius 2 is 1.97 bits per heavy atom. The lowest BCUT2D eigenvalue weighted by Gasteiger charge is -2.19. The lowest BCUT2D eigenvalue weighted by atomic mass is 10.1. The molecule has 4 aromatic rings. The number of carbonyl (C=O) groups excluding carboxylic acids is 1. The van der Waals surface area contributed by atoms with Crippen LogP contribution in [0.2, 0.25) is 0 Å². The lowest BCUT2D eigenvalue weighted by molar-refractivity contribution is 0.0952. The fourth-order valence-corrected chi connectivity index (χ4v) is 3.71. The summed E-state index contributed by atoms with van der Waals surface area (Å²) < 4.78 is 13.2. The maximum Gasteiger partial charge on any atom is 0.252 e. The van der Waals surface area contributed by atoms with Crippen molar-refractivity contribution in [1.82, 2.24) is 25.1 Å². The zero-order chi connectivity index (χ0) is 22.1. The Balaban J connectivity index is 1.56. The maximum absolute atomic E-state index is 13.2. The van der Waals surface area contributed by atoms with E-state index < -0.39 is 0 Å². The molecule has 1 aliphatic heterocycles. The summed E-state index contributed by atoms with van der Waals surface area (Å²) in [4.78, 5) is 22.1. The van der Waals surface area contributed by atoms with E-state index in [2.05, 4.69) is 15.4 Å². The van der Waals surface area contributed by atoms with Crippen molar-refractivity contribution >= 4 is 16.9 Å². The highest BCUT2D eigenvalue weighted by atomic mass is 16.6. The van der Waals surface area contributed by atoms with Gasteiger partial charge in [0.2, 0.25) is 0 Å². The van der Waals surface area contributed by atoms with E-state index in [1.165, 1.54) is 0 Å². The van der Waals surface area contributed by atoms with Gasteiger partial charge in [-0.25, -0.2) is 9.67 Å². The number of hydrogen-bond acceptors (Lipinski definition) is 6. The topological polar surface area (TPSA) is 91.2 Å². The van der Waals surface area contributed by atoms with E-state index in [-0.39, 0.29) is 11.9 Å². The monoisotopic (exact) mass is 429 g/mol. The van der Waals surface area contributed by atoms with Crippen LogP contribution in [0, 0.1) is 0 Å². The predicted octanol–water partition coefficient (Wildman–Crippen LogP) is 3.78. The van der Waals surface area contributed by atoms with Crippen molar-refractivity contribution in [3.63, 3.8) is 0 Å². The van der Waals surface area contributed by atoms with Crippen molar-refractivity contribution in [2.24, 2.45) is 0 Å². The summed E-state index contributed by atoms with van der Waals surface area (Å²) in [6.45, 7) is 5.49. The highest BCUT2D eigenvalue weighted by Crippen LogP contribution is 2.35. The molecule has 0 radical (unpaired) electrons. The van der Waals surface area contributed by atoms with Crippen molar-refractivity contribution in [3.05, 3.63) is 66.1 Å². The molecule has 1 aliphatic rings. The number of nitrogens with one attached hydrogen (secondary N) is 1. The SMILES string of the molecule is CC(C)n1ncc2c(C(=O)NCc3cccnc3)cc(-c3ccc4c(c3)OCCO4)nc21. The van der Waals surface area contributed by atoms with Crippen LogP contribution in [0.5, 0.6) is 11.5 Å². The number of fused-ring (bicyclic) bond motifs is 2. The first-order valence-corrected chi connectivity index (χ1v) is 10.6. The molecule has 0 saturated heterocycles. The average Bonchev–Trinajstić information content (AvgIpc) is 3.26. The number of hydrogen-bond donors (Lipinski definition) is 1. The first kappa shape index (κ1) is 20.0. The highest BCUT2D eigenvalue weighted by molar-refractivity contribution is 6.06. The molecule has 0 saturated carbocycles. The van der Waals surface area contributed by atoms with Gasteiger partial charge < -0.3 is 14.8 Å². The summed E-state index contributed by atoms with van der Waals surface area (Å²) in [6, 6.07) is 11.4. The molecule has 4 heterocycles. The Hall–Kier alpha value is -3.94. The zero-order valence-corrected chi connectivity index (χ0v) is 17.9. The van der Waals surface area contributed by atoms with Crippen LogP contribution in [0.15, 0.2) is 55.0 Å². The second-order valence-electron chi connectivity index (χ2n) is 7.88. The van der Waals surface area contributed by atoms with Crippen LogP contribution < -0.4 is 14.8 Å². The average molecular weight is 429 g/mol. The number of nitrogens with zero attached hydrogens (tertiary/aromatic N) is 4. The molecule has 0 atom stereocenters. The molecule has 0 aliphatic carbocycles. The number of amides is 1. The Labute approximate surface area is 185 Å². The Kier molecular flexibility index (Phi) is 5.18. The third-order valence-corrected chi connectivity index (χ3v) is 5.31. The molecular formula is C24H23N5O3. The molecule has 3 aromatic heterocycles. The second-order valence-corrected chi connectivity index (χ2v) is 7.88. The molecule has 1 aromatic carbocycles. The molecule has 8 heteroatoms. The minimum atomic E-state index is -0.191. The third-order valence-electron chi connectivity index (χ3n) is 5.31. The van der Waals surface area contributed by atoms with Gasteiger partial charge in [0.25, 0.3) is 5.91 Å². The van der Waals surface area contributed by atoms with Gasteiger partial charge >= 0.3 is 0 Å². The number of benzene rings is 1. The summed E-state index contributed by atoms with van der Waals surface area (Å²) in [7, 11) is 0. The molecular weight excluding hydrogens is 406 g/mol. The van der Waals surface area contributed by atoms with Crippen molar-refractivity contribution in [2.75, 3.05) is 13.2 Å². The van der Waals surface area contributed by atoms with Crippen LogP contribution in [0.4, 0.5) is 0 Å². The number of carbonyl (C=O) groups is 1. The van der Waals surface area contributed by atoms with E-state index in [9.17, 15) is 4.79 Å². The van der Waals surface area contributed by atoms with Crippen LogP contribution >= 0.6 is 0 Å². The molecule has 0 bridgehead atoms. The van der Waals surface area contributed by atoms with Gasteiger partial charge in [-0.15, -0.1) is 0 Å². The second kappa shape index (κ2) is 8.30. The van der Waals surface area contributed by atoms with E-state index in [4.69, 9.17) is 14.5 Å². The minimum Gasteiger partial charge on any atom is -0.486 e. The highest BCUT2D eigenvalue weighted by Gasteiger charge is 2.20. The van der Waals surface area contributed by atoms with E-state index in [1.807, 2.05) is 48.9 Å². The number of pyridine rings is 2. The van der Waals surface area contributed by atoms with Gasteiger partial charge in [-0.2, -0.15) is 5.10 Å². The smallest absolute Gasteiger partial charge is 0.252 e. The van der Waals surface area contributed by atoms with E-state index in [1.54, 1.807) is 24.7 Å². The van der Waals surface area contributed by atoms with Crippen molar-refractivity contribution < 1.29 is 14.3 Å². The van der Waals surface area contributed by atoms with Crippen molar-refractivity contribution in [1.29, 1.82) is 0 Å². The number of ether oxygens (including phenoxy) is 2. The molecule has 8 nitrogen and oxygen atoms in total. The quantitative estimate of drug-likeness (QED) is 0.519. The van der Waals surface area contributed by atoms with Gasteiger partial charge in [0.15, 0.2) is 17.1 Å². The summed E-state index contributed by atoms with van der Waals surface area (Å²) >= 11 is 0. The standard InChI is InChI=1S/C24H23N5O3/c1-15(2)29-23-19(14-27-29)18(24(30)26-13-16-4-3-7-25-12-16)11-20(28-23)17-5-6-21-22(10-17)32-9-8-31-21/h3-7,10-12,14-15H,8-9,13H2,1-2H3,(H,26,30). The van der Waals surface area contributed by atoms with Gasteiger partial charge in [-0.3, -0.25) is 9.78 Å². The van der Waals surface area contributed by atoms with Crippen LogP contribution in [0.3, 0.4) is 0 Å². The molecule has 0 unspecified atom stereocenters. The van der Waals surface area contributed by atoms with Gasteiger partial charge in [0.05, 0.1) is 22.8 Å². The van der Waals surface area contributed by atoms with Crippen molar-refractivity contribution in [2.45, 2.75) is 26.4 Å². The maximum atomic E-state index is 13.2.